The van der Waals surface area contributed by atoms with E-state index in [2.05, 4.69) is 17.4 Å². The highest BCUT2D eigenvalue weighted by atomic mass is 16.5. The van der Waals surface area contributed by atoms with Gasteiger partial charge in [-0.15, -0.1) is 0 Å². The Morgan fingerprint density at radius 3 is 2.48 bits per heavy atom. The highest BCUT2D eigenvalue weighted by Crippen LogP contribution is 2.34. The van der Waals surface area contributed by atoms with E-state index in [0.717, 1.165) is 19.3 Å². The minimum atomic E-state index is -0.304. The summed E-state index contributed by atoms with van der Waals surface area (Å²) < 4.78 is 10.4. The number of hydrogen-bond acceptors (Lipinski definition) is 5. The minimum absolute atomic E-state index is 0.0208. The quantitative estimate of drug-likeness (QED) is 0.732. The average Bonchev–Trinajstić information content (AvgIpc) is 2.61. The number of benzene rings is 1. The number of carbonyl (C=O) groups is 2. The van der Waals surface area contributed by atoms with Crippen LogP contribution in [-0.2, 0) is 25.6 Å². The summed E-state index contributed by atoms with van der Waals surface area (Å²) in [6.45, 7) is 5.03. The van der Waals surface area contributed by atoms with E-state index >= 15 is 0 Å². The van der Waals surface area contributed by atoms with Crippen LogP contribution in [0.3, 0.4) is 0 Å². The largest absolute Gasteiger partial charge is 0.466 e. The van der Waals surface area contributed by atoms with Crippen molar-refractivity contribution >= 4 is 11.9 Å². The van der Waals surface area contributed by atoms with E-state index in [1.807, 2.05) is 25.1 Å². The summed E-state index contributed by atoms with van der Waals surface area (Å²) in [6.07, 6.45) is 3.04. The molecule has 0 radical (unpaired) electrons. The molecule has 1 saturated carbocycles. The molecule has 2 rings (SSSR count). The van der Waals surface area contributed by atoms with E-state index in [0.29, 0.717) is 19.8 Å². The Labute approximate surface area is 150 Å². The van der Waals surface area contributed by atoms with Crippen molar-refractivity contribution in [3.8, 4) is 0 Å². The predicted molar refractivity (Wildman–Crippen MR) is 95.8 cm³/mol. The summed E-state index contributed by atoms with van der Waals surface area (Å²) in [5.74, 6) is -0.769. The maximum absolute atomic E-state index is 12.6. The molecule has 1 aliphatic rings. The molecule has 138 valence electrons. The number of rotatable bonds is 8. The molecule has 0 aromatic heterocycles. The molecule has 1 aliphatic carbocycles. The van der Waals surface area contributed by atoms with Gasteiger partial charge in [0, 0.05) is 19.0 Å². The maximum Gasteiger partial charge on any atom is 0.310 e. The first-order chi connectivity index (χ1) is 12.2. The first-order valence-electron chi connectivity index (χ1n) is 9.25. The number of nitrogens with one attached hydrogen (secondary N) is 1. The van der Waals surface area contributed by atoms with Gasteiger partial charge in [0.25, 0.3) is 0 Å². The summed E-state index contributed by atoms with van der Waals surface area (Å²) in [6, 6.07) is 10.1. The topological polar surface area (TPSA) is 64.6 Å². The third-order valence-corrected chi connectivity index (χ3v) is 4.74. The van der Waals surface area contributed by atoms with E-state index < -0.39 is 0 Å². The summed E-state index contributed by atoms with van der Waals surface area (Å²) in [5, 5.41) is 3.51. The maximum atomic E-state index is 12.6. The van der Waals surface area contributed by atoms with Crippen molar-refractivity contribution in [1.29, 1.82) is 0 Å². The Bertz CT molecular complexity index is 546. The van der Waals surface area contributed by atoms with E-state index in [-0.39, 0.29) is 36.2 Å². The standard InChI is InChI=1S/C20H29NO4/c1-3-24-18(22)13-16-11-8-12-17(19(16)20(23)25-4-2)21-14-15-9-6-5-7-10-15/h5-7,9-10,16-17,19,21H,3-4,8,11-14H2,1-2H3/t16-,17-,19-/m0/s1. The molecule has 1 fully saturated rings. The molecule has 0 amide bonds. The zero-order chi connectivity index (χ0) is 18.1. The molecule has 5 nitrogen and oxygen atoms in total. The SMILES string of the molecule is CCOC(=O)C[C@@H]1CCC[C@H](NCc2ccccc2)[C@H]1C(=O)OCC. The number of ether oxygens (including phenoxy) is 2. The Hall–Kier alpha value is -1.88. The lowest BCUT2D eigenvalue weighted by Gasteiger charge is -2.36. The van der Waals surface area contributed by atoms with Gasteiger partial charge >= 0.3 is 11.9 Å². The third kappa shape index (κ3) is 5.85. The molecule has 0 bridgehead atoms. The van der Waals surface area contributed by atoms with Crippen molar-refractivity contribution in [2.45, 2.75) is 52.1 Å². The van der Waals surface area contributed by atoms with Crippen molar-refractivity contribution in [3.05, 3.63) is 35.9 Å². The van der Waals surface area contributed by atoms with Crippen LogP contribution in [0.15, 0.2) is 30.3 Å². The van der Waals surface area contributed by atoms with E-state index in [9.17, 15) is 9.59 Å². The lowest BCUT2D eigenvalue weighted by Crippen LogP contribution is -2.47. The molecule has 1 N–H and O–H groups in total. The molecule has 1 aromatic carbocycles. The van der Waals surface area contributed by atoms with Gasteiger partial charge in [-0.25, -0.2) is 0 Å². The normalized spacial score (nSPS) is 23.0. The van der Waals surface area contributed by atoms with E-state index in [1.54, 1.807) is 6.92 Å². The molecule has 1 aromatic rings. The van der Waals surface area contributed by atoms with Crippen LogP contribution in [0.4, 0.5) is 0 Å². The van der Waals surface area contributed by atoms with Crippen LogP contribution in [0.2, 0.25) is 0 Å². The zero-order valence-electron chi connectivity index (χ0n) is 15.2. The second-order valence-electron chi connectivity index (χ2n) is 6.45. The second kappa shape index (κ2) is 10.2. The fourth-order valence-corrected chi connectivity index (χ4v) is 3.62. The minimum Gasteiger partial charge on any atom is -0.466 e. The van der Waals surface area contributed by atoms with Gasteiger partial charge < -0.3 is 14.8 Å². The Morgan fingerprint density at radius 1 is 1.08 bits per heavy atom. The van der Waals surface area contributed by atoms with Gasteiger partial charge in [0.2, 0.25) is 0 Å². The second-order valence-corrected chi connectivity index (χ2v) is 6.45. The molecule has 0 aliphatic heterocycles. The first kappa shape index (κ1) is 19.4. The van der Waals surface area contributed by atoms with E-state index in [4.69, 9.17) is 9.47 Å². The van der Waals surface area contributed by atoms with Crippen LogP contribution >= 0.6 is 0 Å². The molecule has 25 heavy (non-hydrogen) atoms. The molecule has 5 heteroatoms. The molecule has 0 spiro atoms. The van der Waals surface area contributed by atoms with Crippen LogP contribution in [0.25, 0.3) is 0 Å². The van der Waals surface area contributed by atoms with E-state index in [1.165, 1.54) is 5.56 Å². The lowest BCUT2D eigenvalue weighted by molar-refractivity contribution is -0.154. The van der Waals surface area contributed by atoms with Crippen LogP contribution in [-0.4, -0.2) is 31.2 Å². The fraction of sp³-hybridized carbons (Fsp3) is 0.600. The van der Waals surface area contributed by atoms with Crippen LogP contribution in [0.5, 0.6) is 0 Å². The first-order valence-corrected chi connectivity index (χ1v) is 9.25. The number of carbonyl (C=O) groups excluding carboxylic acids is 2. The van der Waals surface area contributed by atoms with Crippen molar-refractivity contribution in [2.24, 2.45) is 11.8 Å². The van der Waals surface area contributed by atoms with Crippen molar-refractivity contribution in [1.82, 2.24) is 5.32 Å². The number of hydrogen-bond donors (Lipinski definition) is 1. The third-order valence-electron chi connectivity index (χ3n) is 4.74. The molecule has 0 saturated heterocycles. The van der Waals surface area contributed by atoms with Crippen molar-refractivity contribution < 1.29 is 19.1 Å². The predicted octanol–water partition coefficient (Wildman–Crippen LogP) is 3.08. The monoisotopic (exact) mass is 347 g/mol. The molecular weight excluding hydrogens is 318 g/mol. The number of esters is 2. The van der Waals surface area contributed by atoms with Crippen LogP contribution < -0.4 is 5.32 Å². The van der Waals surface area contributed by atoms with Crippen LogP contribution in [0, 0.1) is 11.8 Å². The lowest BCUT2D eigenvalue weighted by atomic mass is 9.74. The Kier molecular flexibility index (Phi) is 7.92. The Morgan fingerprint density at radius 2 is 1.80 bits per heavy atom. The van der Waals surface area contributed by atoms with Gasteiger partial charge in [0.05, 0.1) is 19.1 Å². The highest BCUT2D eigenvalue weighted by Gasteiger charge is 2.40. The summed E-state index contributed by atoms with van der Waals surface area (Å²) in [5.41, 5.74) is 1.18. The van der Waals surface area contributed by atoms with Crippen molar-refractivity contribution in [3.63, 3.8) is 0 Å². The molecular formula is C20H29NO4. The van der Waals surface area contributed by atoms with Gasteiger partial charge in [-0.2, -0.15) is 0 Å². The van der Waals surface area contributed by atoms with Crippen LogP contribution in [0.1, 0.15) is 45.1 Å². The smallest absolute Gasteiger partial charge is 0.310 e. The molecule has 0 unspecified atom stereocenters. The summed E-state index contributed by atoms with van der Waals surface area (Å²) in [7, 11) is 0. The average molecular weight is 347 g/mol. The van der Waals surface area contributed by atoms with Gasteiger partial charge in [-0.05, 0) is 38.2 Å². The van der Waals surface area contributed by atoms with Gasteiger partial charge in [0.15, 0.2) is 0 Å². The van der Waals surface area contributed by atoms with Gasteiger partial charge in [-0.1, -0.05) is 36.8 Å². The summed E-state index contributed by atoms with van der Waals surface area (Å²) >= 11 is 0. The Balaban J connectivity index is 2.06. The van der Waals surface area contributed by atoms with Gasteiger partial charge in [0.1, 0.15) is 0 Å². The van der Waals surface area contributed by atoms with Crippen molar-refractivity contribution in [2.75, 3.05) is 13.2 Å². The fourth-order valence-electron chi connectivity index (χ4n) is 3.62. The summed E-state index contributed by atoms with van der Waals surface area (Å²) in [4.78, 5) is 24.5. The molecule has 0 heterocycles. The highest BCUT2D eigenvalue weighted by molar-refractivity contribution is 5.76. The van der Waals surface area contributed by atoms with Gasteiger partial charge in [-0.3, -0.25) is 9.59 Å². The zero-order valence-corrected chi connectivity index (χ0v) is 15.2. The molecule has 3 atom stereocenters.